The topological polar surface area (TPSA) is 34.4 Å². The van der Waals surface area contributed by atoms with E-state index >= 15 is 0 Å². The summed E-state index contributed by atoms with van der Waals surface area (Å²) in [6.45, 7) is 4.97. The summed E-state index contributed by atoms with van der Waals surface area (Å²) in [7, 11) is 0. The molecular weight excluding hydrogens is 202 g/mol. The van der Waals surface area contributed by atoms with Crippen LogP contribution in [0.5, 0.6) is 0 Å². The molecule has 0 amide bonds. The molecule has 1 aliphatic heterocycles. The van der Waals surface area contributed by atoms with Crippen LogP contribution in [0.1, 0.15) is 38.0 Å². The Bertz CT molecular complexity index is 278. The first kappa shape index (κ1) is 11.7. The summed E-state index contributed by atoms with van der Waals surface area (Å²) >= 11 is 0. The van der Waals surface area contributed by atoms with Gasteiger partial charge in [-0.3, -0.25) is 0 Å². The Hall–Kier alpha value is -0.800. The predicted octanol–water partition coefficient (Wildman–Crippen LogP) is 2.75. The summed E-state index contributed by atoms with van der Waals surface area (Å²) in [5, 5.41) is 3.57. The maximum atomic E-state index is 5.56. The molecule has 3 nitrogen and oxygen atoms in total. The number of rotatable bonds is 5. The van der Waals surface area contributed by atoms with Crippen molar-refractivity contribution in [2.45, 2.75) is 32.2 Å². The molecule has 0 saturated carbocycles. The molecule has 0 aliphatic carbocycles. The largest absolute Gasteiger partial charge is 0.468 e. The van der Waals surface area contributed by atoms with Gasteiger partial charge in [-0.25, -0.2) is 0 Å². The summed E-state index contributed by atoms with van der Waals surface area (Å²) < 4.78 is 11.1. The molecule has 1 aromatic heterocycles. The van der Waals surface area contributed by atoms with Gasteiger partial charge in [0.1, 0.15) is 5.76 Å². The molecule has 16 heavy (non-hydrogen) atoms. The van der Waals surface area contributed by atoms with E-state index in [-0.39, 0.29) is 0 Å². The van der Waals surface area contributed by atoms with Crippen molar-refractivity contribution in [1.29, 1.82) is 0 Å². The molecule has 0 bridgehead atoms. The molecule has 2 unspecified atom stereocenters. The minimum Gasteiger partial charge on any atom is -0.468 e. The summed E-state index contributed by atoms with van der Waals surface area (Å²) in [6, 6.07) is 4.33. The van der Waals surface area contributed by atoms with Gasteiger partial charge >= 0.3 is 0 Å². The van der Waals surface area contributed by atoms with Crippen LogP contribution in [-0.4, -0.2) is 19.8 Å². The predicted molar refractivity (Wildman–Crippen MR) is 63.3 cm³/mol. The SMILES string of the molecule is CCCNC(c1ccco1)C1CCCOC1. The van der Waals surface area contributed by atoms with Crippen molar-refractivity contribution in [3.05, 3.63) is 24.2 Å². The van der Waals surface area contributed by atoms with E-state index in [9.17, 15) is 0 Å². The standard InChI is InChI=1S/C13H21NO2/c1-2-7-14-13(12-6-4-9-16-12)11-5-3-8-15-10-11/h4,6,9,11,13-14H,2-3,5,7-8,10H2,1H3. The van der Waals surface area contributed by atoms with E-state index in [0.717, 1.165) is 38.4 Å². The molecule has 0 spiro atoms. The highest BCUT2D eigenvalue weighted by atomic mass is 16.5. The second-order valence-electron chi connectivity index (χ2n) is 4.42. The molecule has 3 heteroatoms. The minimum absolute atomic E-state index is 0.315. The first-order valence-corrected chi connectivity index (χ1v) is 6.26. The van der Waals surface area contributed by atoms with Crippen molar-refractivity contribution in [3.8, 4) is 0 Å². The van der Waals surface area contributed by atoms with Gasteiger partial charge in [0, 0.05) is 12.5 Å². The third kappa shape index (κ3) is 2.86. The van der Waals surface area contributed by atoms with Crippen LogP contribution in [0.4, 0.5) is 0 Å². The van der Waals surface area contributed by atoms with Crippen LogP contribution in [0, 0.1) is 5.92 Å². The Morgan fingerprint density at radius 1 is 1.56 bits per heavy atom. The normalized spacial score (nSPS) is 23.2. The second kappa shape index (κ2) is 6.06. The van der Waals surface area contributed by atoms with E-state index in [1.807, 2.05) is 6.07 Å². The van der Waals surface area contributed by atoms with E-state index in [1.165, 1.54) is 6.42 Å². The molecule has 90 valence electrons. The minimum atomic E-state index is 0.315. The fraction of sp³-hybridized carbons (Fsp3) is 0.692. The summed E-state index contributed by atoms with van der Waals surface area (Å²) in [5.74, 6) is 1.59. The van der Waals surface area contributed by atoms with Gasteiger partial charge in [-0.15, -0.1) is 0 Å². The highest BCUT2D eigenvalue weighted by molar-refractivity contribution is 5.06. The average molecular weight is 223 g/mol. The van der Waals surface area contributed by atoms with Crippen molar-refractivity contribution >= 4 is 0 Å². The van der Waals surface area contributed by atoms with Gasteiger partial charge in [0.15, 0.2) is 0 Å². The quantitative estimate of drug-likeness (QED) is 0.833. The van der Waals surface area contributed by atoms with Crippen LogP contribution in [0.3, 0.4) is 0 Å². The molecule has 2 atom stereocenters. The van der Waals surface area contributed by atoms with Crippen LogP contribution in [0.2, 0.25) is 0 Å². The molecule has 2 rings (SSSR count). The summed E-state index contributed by atoms with van der Waals surface area (Å²) in [6.07, 6.45) is 5.28. The number of hydrogen-bond acceptors (Lipinski definition) is 3. The van der Waals surface area contributed by atoms with Gasteiger partial charge in [-0.1, -0.05) is 6.92 Å². The smallest absolute Gasteiger partial charge is 0.121 e. The Kier molecular flexibility index (Phi) is 4.43. The number of hydrogen-bond donors (Lipinski definition) is 1. The fourth-order valence-electron chi connectivity index (χ4n) is 2.30. The number of ether oxygens (including phenoxy) is 1. The highest BCUT2D eigenvalue weighted by Gasteiger charge is 2.26. The van der Waals surface area contributed by atoms with Gasteiger partial charge in [-0.2, -0.15) is 0 Å². The maximum Gasteiger partial charge on any atom is 0.121 e. The first-order chi connectivity index (χ1) is 7.92. The van der Waals surface area contributed by atoms with Crippen LogP contribution in [-0.2, 0) is 4.74 Å². The lowest BCUT2D eigenvalue weighted by Gasteiger charge is -2.29. The van der Waals surface area contributed by atoms with Crippen molar-refractivity contribution in [2.24, 2.45) is 5.92 Å². The van der Waals surface area contributed by atoms with Crippen LogP contribution in [0.15, 0.2) is 22.8 Å². The van der Waals surface area contributed by atoms with E-state index in [4.69, 9.17) is 9.15 Å². The Morgan fingerprint density at radius 2 is 2.50 bits per heavy atom. The third-order valence-electron chi connectivity index (χ3n) is 3.13. The van der Waals surface area contributed by atoms with Crippen LogP contribution in [0.25, 0.3) is 0 Å². The lowest BCUT2D eigenvalue weighted by Crippen LogP contribution is -2.33. The van der Waals surface area contributed by atoms with Crippen molar-refractivity contribution in [2.75, 3.05) is 19.8 Å². The van der Waals surface area contributed by atoms with E-state index in [0.29, 0.717) is 12.0 Å². The van der Waals surface area contributed by atoms with Gasteiger partial charge < -0.3 is 14.5 Å². The van der Waals surface area contributed by atoms with Gasteiger partial charge in [-0.05, 0) is 37.9 Å². The van der Waals surface area contributed by atoms with Gasteiger partial charge in [0.2, 0.25) is 0 Å². The Balaban J connectivity index is 2.01. The molecule has 1 aromatic rings. The first-order valence-electron chi connectivity index (χ1n) is 6.26. The van der Waals surface area contributed by atoms with E-state index in [2.05, 4.69) is 18.3 Å². The van der Waals surface area contributed by atoms with Gasteiger partial charge in [0.25, 0.3) is 0 Å². The van der Waals surface area contributed by atoms with Crippen molar-refractivity contribution in [1.82, 2.24) is 5.32 Å². The average Bonchev–Trinajstić information content (AvgIpc) is 2.85. The zero-order valence-electron chi connectivity index (χ0n) is 9.95. The summed E-state index contributed by atoms with van der Waals surface area (Å²) in [5.41, 5.74) is 0. The van der Waals surface area contributed by atoms with E-state index < -0.39 is 0 Å². The Labute approximate surface area is 97.2 Å². The number of furan rings is 1. The van der Waals surface area contributed by atoms with Crippen molar-refractivity contribution in [3.63, 3.8) is 0 Å². The molecular formula is C13H21NO2. The monoisotopic (exact) mass is 223 g/mol. The van der Waals surface area contributed by atoms with Crippen LogP contribution < -0.4 is 5.32 Å². The molecule has 1 fully saturated rings. The molecule has 1 N–H and O–H groups in total. The second-order valence-corrected chi connectivity index (χ2v) is 4.42. The Morgan fingerprint density at radius 3 is 3.12 bits per heavy atom. The fourth-order valence-corrected chi connectivity index (χ4v) is 2.30. The van der Waals surface area contributed by atoms with Gasteiger partial charge in [0.05, 0.1) is 18.9 Å². The molecule has 0 radical (unpaired) electrons. The maximum absolute atomic E-state index is 5.56. The highest BCUT2D eigenvalue weighted by Crippen LogP contribution is 2.29. The zero-order valence-corrected chi connectivity index (χ0v) is 9.95. The van der Waals surface area contributed by atoms with E-state index in [1.54, 1.807) is 6.26 Å². The molecule has 1 aliphatic rings. The molecule has 1 saturated heterocycles. The molecule has 2 heterocycles. The lowest BCUT2D eigenvalue weighted by molar-refractivity contribution is 0.0356. The number of nitrogens with one attached hydrogen (secondary N) is 1. The third-order valence-corrected chi connectivity index (χ3v) is 3.13. The molecule has 0 aromatic carbocycles. The summed E-state index contributed by atoms with van der Waals surface area (Å²) in [4.78, 5) is 0. The van der Waals surface area contributed by atoms with Crippen LogP contribution >= 0.6 is 0 Å². The lowest BCUT2D eigenvalue weighted by atomic mass is 9.92. The zero-order chi connectivity index (χ0) is 11.2. The van der Waals surface area contributed by atoms with Crippen molar-refractivity contribution < 1.29 is 9.15 Å².